The van der Waals surface area contributed by atoms with Gasteiger partial charge in [-0.05, 0) is 25.5 Å². The van der Waals surface area contributed by atoms with Gasteiger partial charge in [-0.1, -0.05) is 0 Å². The molecular formula is C17H24N4O10. The average Bonchev–Trinajstić information content (AvgIpc) is 3.30. The van der Waals surface area contributed by atoms with Gasteiger partial charge < -0.3 is 41.0 Å². The highest BCUT2D eigenvalue weighted by Crippen LogP contribution is 2.28. The van der Waals surface area contributed by atoms with E-state index in [4.69, 9.17) is 25.4 Å². The number of nitrogens with one attached hydrogen (secondary N) is 1. The molecule has 1 aromatic rings. The van der Waals surface area contributed by atoms with Crippen molar-refractivity contribution < 1.29 is 44.3 Å². The van der Waals surface area contributed by atoms with E-state index in [9.17, 15) is 29.4 Å². The number of ether oxygens (including phenoxy) is 2. The van der Waals surface area contributed by atoms with Crippen LogP contribution in [0.3, 0.4) is 0 Å². The summed E-state index contributed by atoms with van der Waals surface area (Å²) >= 11 is 0. The van der Waals surface area contributed by atoms with Crippen molar-refractivity contribution in [1.29, 1.82) is 0 Å². The van der Waals surface area contributed by atoms with Crippen LogP contribution in [-0.4, -0.2) is 85.4 Å². The zero-order valence-electron chi connectivity index (χ0n) is 16.3. The number of carboxylic acids is 2. The van der Waals surface area contributed by atoms with Gasteiger partial charge in [0.25, 0.3) is 0 Å². The number of rotatable bonds is 6. The van der Waals surface area contributed by atoms with Crippen molar-refractivity contribution in [3.63, 3.8) is 0 Å². The predicted molar refractivity (Wildman–Crippen MR) is 101 cm³/mol. The summed E-state index contributed by atoms with van der Waals surface area (Å²) in [5, 5.41) is 38.6. The molecule has 0 aliphatic carbocycles. The minimum atomic E-state index is -1.36. The number of aliphatic carboxylic acids is 2. The van der Waals surface area contributed by atoms with Crippen molar-refractivity contribution in [2.24, 2.45) is 0 Å². The number of aliphatic hydroxyl groups is 2. The van der Waals surface area contributed by atoms with Crippen LogP contribution in [0.15, 0.2) is 17.1 Å². The molecule has 2 fully saturated rings. The summed E-state index contributed by atoms with van der Waals surface area (Å²) in [6.07, 6.45) is -2.62. The fourth-order valence-electron chi connectivity index (χ4n) is 3.00. The largest absolute Gasteiger partial charge is 0.481 e. The molecule has 0 bridgehead atoms. The van der Waals surface area contributed by atoms with E-state index in [1.165, 1.54) is 12.3 Å². The number of aromatic nitrogens is 2. The van der Waals surface area contributed by atoms with Crippen LogP contribution in [0.1, 0.15) is 25.5 Å². The van der Waals surface area contributed by atoms with Gasteiger partial charge in [-0.3, -0.25) is 19.0 Å². The number of nitrogens with zero attached hydrogens (tertiary/aromatic N) is 2. The Balaban J connectivity index is 0.000000423. The third kappa shape index (κ3) is 6.71. The van der Waals surface area contributed by atoms with Gasteiger partial charge in [0.15, 0.2) is 6.23 Å². The van der Waals surface area contributed by atoms with Gasteiger partial charge in [0.05, 0.1) is 0 Å². The Bertz CT molecular complexity index is 842. The van der Waals surface area contributed by atoms with Gasteiger partial charge in [0.2, 0.25) is 0 Å². The summed E-state index contributed by atoms with van der Waals surface area (Å²) in [5.41, 5.74) is 4.71. The van der Waals surface area contributed by atoms with E-state index in [2.05, 4.69) is 10.3 Å². The second kappa shape index (κ2) is 10.8. The van der Waals surface area contributed by atoms with Gasteiger partial charge in [0.1, 0.15) is 43.2 Å². The number of nitrogens with two attached hydrogens (primary N) is 1. The Kier molecular flexibility index (Phi) is 8.44. The van der Waals surface area contributed by atoms with Crippen molar-refractivity contribution in [2.45, 2.75) is 49.8 Å². The molecule has 3 rings (SSSR count). The number of carboxylic acid groups (broad SMARTS) is 2. The van der Waals surface area contributed by atoms with E-state index >= 15 is 0 Å². The SMILES string of the molecule is Nc1ccn([C@@H]2O[C@H](COC(=O)C3CCCN3)[C@@H](O)[C@@H]2O)c(=O)n1.O=C(O)CC(=O)O. The van der Waals surface area contributed by atoms with E-state index < -0.39 is 54.6 Å². The zero-order chi connectivity index (χ0) is 23.1. The molecule has 31 heavy (non-hydrogen) atoms. The second-order valence-electron chi connectivity index (χ2n) is 6.83. The van der Waals surface area contributed by atoms with Gasteiger partial charge in [-0.15, -0.1) is 0 Å². The third-order valence-corrected chi connectivity index (χ3v) is 4.50. The van der Waals surface area contributed by atoms with Gasteiger partial charge in [0, 0.05) is 6.20 Å². The summed E-state index contributed by atoms with van der Waals surface area (Å²) in [5.74, 6) is -3.01. The molecule has 14 heteroatoms. The first-order valence-electron chi connectivity index (χ1n) is 9.30. The Morgan fingerprint density at radius 1 is 1.26 bits per heavy atom. The van der Waals surface area contributed by atoms with Crippen LogP contribution in [0, 0.1) is 0 Å². The number of nitrogen functional groups attached to an aromatic ring is 1. The lowest BCUT2D eigenvalue weighted by Gasteiger charge is -2.17. The Labute approximate surface area is 175 Å². The summed E-state index contributed by atoms with van der Waals surface area (Å²) in [6, 6.07) is 1.02. The molecule has 1 aromatic heterocycles. The molecule has 0 aromatic carbocycles. The van der Waals surface area contributed by atoms with Crippen molar-refractivity contribution in [3.05, 3.63) is 22.7 Å². The Hall–Kier alpha value is -3.07. The molecule has 172 valence electrons. The quantitative estimate of drug-likeness (QED) is 0.194. The Morgan fingerprint density at radius 3 is 2.45 bits per heavy atom. The number of hydrogen-bond donors (Lipinski definition) is 6. The minimum Gasteiger partial charge on any atom is -0.481 e. The maximum absolute atomic E-state index is 11.9. The Morgan fingerprint density at radius 2 is 1.94 bits per heavy atom. The fraction of sp³-hybridized carbons (Fsp3) is 0.588. The molecule has 1 unspecified atom stereocenters. The van der Waals surface area contributed by atoms with Crippen molar-refractivity contribution >= 4 is 23.7 Å². The number of carbonyl (C=O) groups is 3. The number of anilines is 1. The van der Waals surface area contributed by atoms with E-state index in [0.29, 0.717) is 6.42 Å². The molecule has 7 N–H and O–H groups in total. The van der Waals surface area contributed by atoms with Crippen LogP contribution in [0.5, 0.6) is 0 Å². The zero-order valence-corrected chi connectivity index (χ0v) is 16.3. The normalized spacial score (nSPS) is 27.2. The molecule has 2 saturated heterocycles. The lowest BCUT2D eigenvalue weighted by atomic mass is 10.1. The number of hydrogen-bond acceptors (Lipinski definition) is 11. The van der Waals surface area contributed by atoms with Crippen molar-refractivity contribution in [1.82, 2.24) is 14.9 Å². The molecule has 2 aliphatic heterocycles. The van der Waals surface area contributed by atoms with Gasteiger partial charge >= 0.3 is 23.6 Å². The fourth-order valence-corrected chi connectivity index (χ4v) is 3.00. The van der Waals surface area contributed by atoms with E-state index in [1.807, 2.05) is 0 Å². The summed E-state index contributed by atoms with van der Waals surface area (Å²) in [6.45, 7) is 0.541. The summed E-state index contributed by atoms with van der Waals surface area (Å²) in [4.78, 5) is 46.1. The predicted octanol–water partition coefficient (Wildman–Crippen LogP) is -2.71. The first kappa shape index (κ1) is 24.2. The van der Waals surface area contributed by atoms with E-state index in [0.717, 1.165) is 17.5 Å². The second-order valence-corrected chi connectivity index (χ2v) is 6.83. The molecule has 0 spiro atoms. The van der Waals surface area contributed by atoms with Crippen molar-refractivity contribution in [2.75, 3.05) is 18.9 Å². The van der Waals surface area contributed by atoms with Crippen LogP contribution in [0.4, 0.5) is 5.82 Å². The molecule has 5 atom stereocenters. The van der Waals surface area contributed by atoms with Crippen LogP contribution in [0.2, 0.25) is 0 Å². The minimum absolute atomic E-state index is 0.0406. The molecule has 14 nitrogen and oxygen atoms in total. The topological polar surface area (TPSA) is 224 Å². The lowest BCUT2D eigenvalue weighted by Crippen LogP contribution is -2.38. The van der Waals surface area contributed by atoms with Crippen LogP contribution in [0.25, 0.3) is 0 Å². The molecule has 0 radical (unpaired) electrons. The smallest absolute Gasteiger partial charge is 0.351 e. The summed E-state index contributed by atoms with van der Waals surface area (Å²) < 4.78 is 11.7. The molecule has 0 saturated carbocycles. The van der Waals surface area contributed by atoms with Crippen LogP contribution < -0.4 is 16.7 Å². The standard InChI is InChI=1S/C14H20N4O6.C3H4O4/c15-9-3-5-18(14(22)17-9)12-11(20)10(19)8(24-12)6-23-13(21)7-2-1-4-16-7;4-2(5)1-3(6)7/h3,5,7-8,10-12,16,19-20H,1-2,4,6H2,(H2,15,17,22);1H2,(H,4,5)(H,6,7)/t7?,8-,10-,11+,12-;/m1./s1. The van der Waals surface area contributed by atoms with Crippen molar-refractivity contribution in [3.8, 4) is 0 Å². The number of carbonyl (C=O) groups excluding carboxylic acids is 1. The highest BCUT2D eigenvalue weighted by Gasteiger charge is 2.45. The van der Waals surface area contributed by atoms with E-state index in [1.54, 1.807) is 0 Å². The number of aliphatic hydroxyl groups excluding tert-OH is 2. The molecule has 3 heterocycles. The first-order valence-corrected chi connectivity index (χ1v) is 9.30. The molecular weight excluding hydrogens is 420 g/mol. The maximum atomic E-state index is 11.9. The van der Waals surface area contributed by atoms with Crippen LogP contribution in [-0.2, 0) is 23.9 Å². The third-order valence-electron chi connectivity index (χ3n) is 4.50. The van der Waals surface area contributed by atoms with Crippen LogP contribution >= 0.6 is 0 Å². The summed E-state index contributed by atoms with van der Waals surface area (Å²) in [7, 11) is 0. The van der Waals surface area contributed by atoms with Gasteiger partial charge in [-0.2, -0.15) is 4.98 Å². The number of esters is 1. The van der Waals surface area contributed by atoms with Gasteiger partial charge in [-0.25, -0.2) is 4.79 Å². The van der Waals surface area contributed by atoms with E-state index in [-0.39, 0.29) is 18.5 Å². The highest BCUT2D eigenvalue weighted by molar-refractivity contribution is 5.88. The molecule has 0 amide bonds. The monoisotopic (exact) mass is 444 g/mol. The highest BCUT2D eigenvalue weighted by atomic mass is 16.6. The first-order chi connectivity index (χ1) is 14.6. The average molecular weight is 444 g/mol. The molecule has 2 aliphatic rings. The lowest BCUT2D eigenvalue weighted by molar-refractivity contribution is -0.152. The maximum Gasteiger partial charge on any atom is 0.351 e.